The molecular formula is C19H29NO4. The average molecular weight is 335 g/mol. The number of aryl methyl sites for hydroxylation is 1. The molecule has 0 aliphatic heterocycles. The standard InChI is InChI=1S/C19H29NO4/c1-5-8-10-14-12-16(19(22)23-11-9-6-2)18(24-13(4)21)15(7-3)17(14)20/h12H,5-11,20H2,1-4H3. The van der Waals surface area contributed by atoms with E-state index in [1.54, 1.807) is 6.07 Å². The van der Waals surface area contributed by atoms with Crippen molar-refractivity contribution in [2.75, 3.05) is 12.3 Å². The van der Waals surface area contributed by atoms with Gasteiger partial charge in [-0.2, -0.15) is 0 Å². The van der Waals surface area contributed by atoms with Crippen LogP contribution in [0.25, 0.3) is 0 Å². The Morgan fingerprint density at radius 2 is 1.79 bits per heavy atom. The molecule has 5 nitrogen and oxygen atoms in total. The predicted molar refractivity (Wildman–Crippen MR) is 95.3 cm³/mol. The van der Waals surface area contributed by atoms with Gasteiger partial charge in [0.25, 0.3) is 0 Å². The Morgan fingerprint density at radius 3 is 2.33 bits per heavy atom. The summed E-state index contributed by atoms with van der Waals surface area (Å²) in [6, 6.07) is 1.72. The highest BCUT2D eigenvalue weighted by molar-refractivity contribution is 5.95. The molecule has 134 valence electrons. The van der Waals surface area contributed by atoms with Gasteiger partial charge in [-0.15, -0.1) is 0 Å². The highest BCUT2D eigenvalue weighted by Gasteiger charge is 2.23. The minimum atomic E-state index is -0.479. The van der Waals surface area contributed by atoms with E-state index in [2.05, 4.69) is 6.92 Å². The van der Waals surface area contributed by atoms with Crippen LogP contribution in [0.4, 0.5) is 5.69 Å². The molecule has 0 amide bonds. The van der Waals surface area contributed by atoms with Gasteiger partial charge < -0.3 is 15.2 Å². The zero-order chi connectivity index (χ0) is 18.1. The monoisotopic (exact) mass is 335 g/mol. The Bertz CT molecular complexity index is 581. The number of rotatable bonds is 9. The van der Waals surface area contributed by atoms with Crippen LogP contribution in [0.5, 0.6) is 5.75 Å². The third-order valence-electron chi connectivity index (χ3n) is 3.86. The van der Waals surface area contributed by atoms with Gasteiger partial charge in [-0.05, 0) is 37.3 Å². The molecule has 2 N–H and O–H groups in total. The van der Waals surface area contributed by atoms with Crippen molar-refractivity contribution in [3.8, 4) is 5.75 Å². The molecule has 0 saturated heterocycles. The van der Waals surface area contributed by atoms with Crippen molar-refractivity contribution in [2.45, 2.75) is 66.2 Å². The second kappa shape index (κ2) is 9.96. The van der Waals surface area contributed by atoms with Crippen molar-refractivity contribution in [3.05, 3.63) is 22.8 Å². The van der Waals surface area contributed by atoms with Crippen LogP contribution in [-0.4, -0.2) is 18.5 Å². The second-order valence-electron chi connectivity index (χ2n) is 5.84. The van der Waals surface area contributed by atoms with Crippen molar-refractivity contribution >= 4 is 17.6 Å². The van der Waals surface area contributed by atoms with Crippen molar-refractivity contribution in [1.82, 2.24) is 0 Å². The number of ether oxygens (including phenoxy) is 2. The lowest BCUT2D eigenvalue weighted by Crippen LogP contribution is -2.15. The number of hydrogen-bond acceptors (Lipinski definition) is 5. The molecule has 0 atom stereocenters. The normalized spacial score (nSPS) is 10.5. The maximum absolute atomic E-state index is 12.5. The Balaban J connectivity index is 3.33. The molecule has 0 saturated carbocycles. The lowest BCUT2D eigenvalue weighted by molar-refractivity contribution is -0.131. The number of hydrogen-bond donors (Lipinski definition) is 1. The summed E-state index contributed by atoms with van der Waals surface area (Å²) in [6.45, 7) is 7.72. The van der Waals surface area contributed by atoms with Crippen molar-refractivity contribution in [2.24, 2.45) is 0 Å². The third-order valence-corrected chi connectivity index (χ3v) is 3.86. The number of benzene rings is 1. The topological polar surface area (TPSA) is 78.6 Å². The first-order valence-electron chi connectivity index (χ1n) is 8.75. The number of nitrogens with two attached hydrogens (primary N) is 1. The van der Waals surface area contributed by atoms with Crippen LogP contribution in [-0.2, 0) is 22.4 Å². The minimum absolute atomic E-state index is 0.240. The number of unbranched alkanes of at least 4 members (excludes halogenated alkanes) is 2. The summed E-state index contributed by atoms with van der Waals surface area (Å²) in [5.74, 6) is -0.704. The van der Waals surface area contributed by atoms with Crippen LogP contribution >= 0.6 is 0 Å². The first-order valence-corrected chi connectivity index (χ1v) is 8.75. The summed E-state index contributed by atoms with van der Waals surface area (Å²) in [7, 11) is 0. The fraction of sp³-hybridized carbons (Fsp3) is 0.579. The van der Waals surface area contributed by atoms with Gasteiger partial charge in [0.05, 0.1) is 6.61 Å². The molecule has 0 fully saturated rings. The quantitative estimate of drug-likeness (QED) is 0.319. The zero-order valence-corrected chi connectivity index (χ0v) is 15.2. The van der Waals surface area contributed by atoms with E-state index in [0.29, 0.717) is 29.8 Å². The predicted octanol–water partition coefficient (Wildman–Crippen LogP) is 4.06. The molecule has 0 aliphatic rings. The van der Waals surface area contributed by atoms with Gasteiger partial charge in [-0.25, -0.2) is 4.79 Å². The third kappa shape index (κ3) is 5.25. The molecule has 0 bridgehead atoms. The maximum Gasteiger partial charge on any atom is 0.341 e. The van der Waals surface area contributed by atoms with E-state index in [1.165, 1.54) is 6.92 Å². The summed E-state index contributed by atoms with van der Waals surface area (Å²) in [4.78, 5) is 23.9. The van der Waals surface area contributed by atoms with Gasteiger partial charge >= 0.3 is 11.9 Å². The molecule has 0 aliphatic carbocycles. The number of esters is 2. The van der Waals surface area contributed by atoms with Gasteiger partial charge in [0.2, 0.25) is 0 Å². The molecule has 1 aromatic carbocycles. The molecule has 0 radical (unpaired) electrons. The van der Waals surface area contributed by atoms with Gasteiger partial charge in [0.15, 0.2) is 5.75 Å². The average Bonchev–Trinajstić information content (AvgIpc) is 2.54. The SMILES string of the molecule is CCCCOC(=O)c1cc(CCCC)c(N)c(CC)c1OC(C)=O. The molecule has 24 heavy (non-hydrogen) atoms. The fourth-order valence-corrected chi connectivity index (χ4v) is 2.52. The number of carbonyl (C=O) groups excluding carboxylic acids is 2. The van der Waals surface area contributed by atoms with Gasteiger partial charge in [-0.3, -0.25) is 4.79 Å². The van der Waals surface area contributed by atoms with Crippen LogP contribution in [0, 0.1) is 0 Å². The van der Waals surface area contributed by atoms with E-state index >= 15 is 0 Å². The van der Waals surface area contributed by atoms with Crippen molar-refractivity contribution < 1.29 is 19.1 Å². The first-order chi connectivity index (χ1) is 11.5. The first kappa shape index (κ1) is 20.0. The van der Waals surface area contributed by atoms with Crippen LogP contribution in [0.1, 0.15) is 74.9 Å². The van der Waals surface area contributed by atoms with E-state index in [9.17, 15) is 9.59 Å². The molecule has 0 unspecified atom stereocenters. The van der Waals surface area contributed by atoms with E-state index in [1.807, 2.05) is 13.8 Å². The molecule has 0 aromatic heterocycles. The second-order valence-corrected chi connectivity index (χ2v) is 5.84. The molecular weight excluding hydrogens is 306 g/mol. The zero-order valence-electron chi connectivity index (χ0n) is 15.2. The van der Waals surface area contributed by atoms with E-state index in [0.717, 1.165) is 37.7 Å². The minimum Gasteiger partial charge on any atom is -0.462 e. The van der Waals surface area contributed by atoms with Crippen molar-refractivity contribution in [1.29, 1.82) is 0 Å². The van der Waals surface area contributed by atoms with E-state index in [-0.39, 0.29) is 5.75 Å². The molecule has 1 rings (SSSR count). The van der Waals surface area contributed by atoms with E-state index in [4.69, 9.17) is 15.2 Å². The molecule has 5 heteroatoms. The van der Waals surface area contributed by atoms with Crippen LogP contribution in [0.15, 0.2) is 6.07 Å². The van der Waals surface area contributed by atoms with E-state index < -0.39 is 11.9 Å². The molecule has 0 heterocycles. The smallest absolute Gasteiger partial charge is 0.341 e. The Hall–Kier alpha value is -2.04. The largest absolute Gasteiger partial charge is 0.462 e. The maximum atomic E-state index is 12.5. The summed E-state index contributed by atoms with van der Waals surface area (Å²) in [5, 5.41) is 0. The van der Waals surface area contributed by atoms with Crippen LogP contribution in [0.3, 0.4) is 0 Å². The Labute approximate surface area is 144 Å². The van der Waals surface area contributed by atoms with Gasteiger partial charge in [-0.1, -0.05) is 33.6 Å². The Morgan fingerprint density at radius 1 is 1.12 bits per heavy atom. The molecule has 1 aromatic rings. The highest BCUT2D eigenvalue weighted by atomic mass is 16.5. The van der Waals surface area contributed by atoms with Crippen LogP contribution in [0.2, 0.25) is 0 Å². The highest BCUT2D eigenvalue weighted by Crippen LogP contribution is 2.34. The molecule has 0 spiro atoms. The lowest BCUT2D eigenvalue weighted by Gasteiger charge is -2.18. The Kier molecular flexibility index (Phi) is 8.30. The van der Waals surface area contributed by atoms with Gasteiger partial charge in [0, 0.05) is 18.2 Å². The number of anilines is 1. The summed E-state index contributed by atoms with van der Waals surface area (Å²) >= 11 is 0. The summed E-state index contributed by atoms with van der Waals surface area (Å²) in [5.41, 5.74) is 8.76. The number of nitrogen functional groups attached to an aromatic ring is 1. The van der Waals surface area contributed by atoms with Gasteiger partial charge in [0.1, 0.15) is 5.56 Å². The lowest BCUT2D eigenvalue weighted by atomic mass is 9.96. The fourth-order valence-electron chi connectivity index (χ4n) is 2.52. The number of carbonyl (C=O) groups is 2. The van der Waals surface area contributed by atoms with Crippen LogP contribution < -0.4 is 10.5 Å². The van der Waals surface area contributed by atoms with Crippen molar-refractivity contribution in [3.63, 3.8) is 0 Å². The summed E-state index contributed by atoms with van der Waals surface area (Å²) < 4.78 is 10.6. The summed E-state index contributed by atoms with van der Waals surface area (Å²) in [6.07, 6.45) is 5.10.